The Morgan fingerprint density at radius 2 is 2.00 bits per heavy atom. The number of halogens is 1. The van der Waals surface area contributed by atoms with Crippen molar-refractivity contribution in [2.45, 2.75) is 18.4 Å². The third kappa shape index (κ3) is 4.39. The van der Waals surface area contributed by atoms with E-state index in [4.69, 9.17) is 0 Å². The Morgan fingerprint density at radius 3 is 2.69 bits per heavy atom. The Kier molecular flexibility index (Phi) is 6.56. The van der Waals surface area contributed by atoms with Crippen LogP contribution >= 0.6 is 34.9 Å². The summed E-state index contributed by atoms with van der Waals surface area (Å²) in [5.41, 5.74) is 1.47. The number of rotatable bonds is 6. The molecule has 3 rings (SSSR count). The molecule has 0 aliphatic heterocycles. The standard InChI is InChI=1S/C19H19FN2OS3/c1-3-25-15-7-4-13(5-8-15)18(23)21-19-22(10-11-24-2)16-9-6-14(20)12-17(16)26-19/h4-9,12H,3,10-11H2,1-2H3. The summed E-state index contributed by atoms with van der Waals surface area (Å²) in [6, 6.07) is 12.2. The van der Waals surface area contributed by atoms with Crippen molar-refractivity contribution in [2.24, 2.45) is 4.99 Å². The van der Waals surface area contributed by atoms with Gasteiger partial charge in [0.1, 0.15) is 5.82 Å². The van der Waals surface area contributed by atoms with Gasteiger partial charge in [0, 0.05) is 22.8 Å². The van der Waals surface area contributed by atoms with Crippen molar-refractivity contribution in [1.29, 1.82) is 0 Å². The normalized spacial score (nSPS) is 12.0. The molecule has 3 nitrogen and oxygen atoms in total. The summed E-state index contributed by atoms with van der Waals surface area (Å²) in [7, 11) is 0. The number of carbonyl (C=O) groups excluding carboxylic acids is 1. The summed E-state index contributed by atoms with van der Waals surface area (Å²) in [6.45, 7) is 2.82. The van der Waals surface area contributed by atoms with E-state index < -0.39 is 0 Å². The molecule has 3 aromatic rings. The number of thioether (sulfide) groups is 2. The Morgan fingerprint density at radius 1 is 1.23 bits per heavy atom. The molecule has 0 saturated heterocycles. The SMILES string of the molecule is CCSc1ccc(C(=O)N=c2sc3cc(F)ccc3n2CCSC)cc1. The summed E-state index contributed by atoms with van der Waals surface area (Å²) in [4.78, 5) is 18.7. The zero-order chi connectivity index (χ0) is 18.5. The van der Waals surface area contributed by atoms with Crippen LogP contribution in [0.25, 0.3) is 10.2 Å². The highest BCUT2D eigenvalue weighted by Crippen LogP contribution is 2.20. The highest BCUT2D eigenvalue weighted by molar-refractivity contribution is 7.99. The fourth-order valence-corrected chi connectivity index (χ4v) is 4.65. The van der Waals surface area contributed by atoms with E-state index in [-0.39, 0.29) is 11.7 Å². The van der Waals surface area contributed by atoms with E-state index in [2.05, 4.69) is 11.9 Å². The second-order valence-corrected chi connectivity index (χ2v) is 8.85. The molecule has 0 aliphatic rings. The number of aromatic nitrogens is 1. The zero-order valence-electron chi connectivity index (χ0n) is 14.6. The van der Waals surface area contributed by atoms with Gasteiger partial charge >= 0.3 is 0 Å². The van der Waals surface area contributed by atoms with Crippen LogP contribution in [0, 0.1) is 5.82 Å². The van der Waals surface area contributed by atoms with Gasteiger partial charge in [-0.3, -0.25) is 4.79 Å². The molecule has 136 valence electrons. The van der Waals surface area contributed by atoms with Crippen LogP contribution in [0.3, 0.4) is 0 Å². The molecule has 1 heterocycles. The molecular formula is C19H19FN2OS3. The van der Waals surface area contributed by atoms with Gasteiger partial charge in [0.05, 0.1) is 10.2 Å². The van der Waals surface area contributed by atoms with Crippen molar-refractivity contribution in [3.8, 4) is 0 Å². The van der Waals surface area contributed by atoms with Gasteiger partial charge in [-0.15, -0.1) is 11.8 Å². The van der Waals surface area contributed by atoms with E-state index in [0.717, 1.165) is 33.2 Å². The molecule has 0 fully saturated rings. The molecule has 0 saturated carbocycles. The molecule has 7 heteroatoms. The maximum absolute atomic E-state index is 13.6. The fraction of sp³-hybridized carbons (Fsp3) is 0.263. The van der Waals surface area contributed by atoms with Crippen molar-refractivity contribution in [3.05, 3.63) is 58.6 Å². The Hall–Kier alpha value is -1.57. The van der Waals surface area contributed by atoms with Crippen molar-refractivity contribution in [1.82, 2.24) is 4.57 Å². The number of hydrogen-bond acceptors (Lipinski definition) is 4. The number of benzene rings is 2. The van der Waals surface area contributed by atoms with Crippen LogP contribution < -0.4 is 4.80 Å². The van der Waals surface area contributed by atoms with E-state index >= 15 is 0 Å². The average Bonchev–Trinajstić information content (AvgIpc) is 2.96. The lowest BCUT2D eigenvalue weighted by atomic mass is 10.2. The summed E-state index contributed by atoms with van der Waals surface area (Å²) in [6.07, 6.45) is 2.03. The summed E-state index contributed by atoms with van der Waals surface area (Å²) in [5.74, 6) is 1.33. The number of nitrogens with zero attached hydrogens (tertiary/aromatic N) is 2. The third-order valence-electron chi connectivity index (χ3n) is 3.77. The number of amides is 1. The topological polar surface area (TPSA) is 34.4 Å². The van der Waals surface area contributed by atoms with E-state index in [1.807, 2.05) is 35.1 Å². The monoisotopic (exact) mass is 406 g/mol. The van der Waals surface area contributed by atoms with Gasteiger partial charge in [-0.25, -0.2) is 4.39 Å². The van der Waals surface area contributed by atoms with E-state index in [1.54, 1.807) is 29.6 Å². The zero-order valence-corrected chi connectivity index (χ0v) is 17.0. The molecule has 0 N–H and O–H groups in total. The number of fused-ring (bicyclic) bond motifs is 1. The highest BCUT2D eigenvalue weighted by Gasteiger charge is 2.10. The highest BCUT2D eigenvalue weighted by atomic mass is 32.2. The van der Waals surface area contributed by atoms with Crippen LogP contribution in [0.1, 0.15) is 17.3 Å². The number of aryl methyl sites for hydroxylation is 1. The maximum Gasteiger partial charge on any atom is 0.279 e. The lowest BCUT2D eigenvalue weighted by Crippen LogP contribution is -2.18. The minimum Gasteiger partial charge on any atom is -0.316 e. The van der Waals surface area contributed by atoms with Gasteiger partial charge in [0.2, 0.25) is 0 Å². The quantitative estimate of drug-likeness (QED) is 0.537. The first kappa shape index (κ1) is 19.2. The van der Waals surface area contributed by atoms with Crippen LogP contribution in [0.15, 0.2) is 52.4 Å². The molecule has 0 spiro atoms. The second-order valence-electron chi connectivity index (χ2n) is 5.52. The fourth-order valence-electron chi connectivity index (χ4n) is 2.54. The largest absolute Gasteiger partial charge is 0.316 e. The van der Waals surface area contributed by atoms with Crippen molar-refractivity contribution < 1.29 is 9.18 Å². The minimum absolute atomic E-state index is 0.275. The van der Waals surface area contributed by atoms with Crippen LogP contribution in [-0.2, 0) is 6.54 Å². The first-order chi connectivity index (χ1) is 12.6. The minimum atomic E-state index is -0.280. The third-order valence-corrected chi connectivity index (χ3v) is 6.30. The van der Waals surface area contributed by atoms with Gasteiger partial charge in [-0.1, -0.05) is 18.3 Å². The Labute approximate surface area is 164 Å². The predicted molar refractivity (Wildman–Crippen MR) is 111 cm³/mol. The van der Waals surface area contributed by atoms with Gasteiger partial charge in [-0.05, 0) is 54.5 Å². The molecule has 0 atom stereocenters. The average molecular weight is 407 g/mol. The lowest BCUT2D eigenvalue weighted by Gasteiger charge is -2.04. The number of hydrogen-bond donors (Lipinski definition) is 0. The van der Waals surface area contributed by atoms with Gasteiger partial charge in [0.25, 0.3) is 5.91 Å². The Balaban J connectivity index is 2.00. The molecule has 0 unspecified atom stereocenters. The van der Waals surface area contributed by atoms with Crippen molar-refractivity contribution in [2.75, 3.05) is 17.8 Å². The molecule has 0 bridgehead atoms. The summed E-state index contributed by atoms with van der Waals surface area (Å²) in [5, 5.41) is 0. The van der Waals surface area contributed by atoms with Gasteiger partial charge in [-0.2, -0.15) is 16.8 Å². The first-order valence-electron chi connectivity index (χ1n) is 8.22. The lowest BCUT2D eigenvalue weighted by molar-refractivity contribution is 0.0998. The molecule has 2 aromatic carbocycles. The summed E-state index contributed by atoms with van der Waals surface area (Å²) < 4.78 is 16.3. The maximum atomic E-state index is 13.6. The Bertz CT molecular complexity index is 977. The van der Waals surface area contributed by atoms with E-state index in [0.29, 0.717) is 10.4 Å². The van der Waals surface area contributed by atoms with Crippen molar-refractivity contribution >= 4 is 51.0 Å². The molecule has 1 aromatic heterocycles. The van der Waals surface area contributed by atoms with Crippen LogP contribution in [0.4, 0.5) is 4.39 Å². The van der Waals surface area contributed by atoms with Crippen LogP contribution in [0.5, 0.6) is 0 Å². The van der Waals surface area contributed by atoms with Gasteiger partial charge < -0.3 is 4.57 Å². The van der Waals surface area contributed by atoms with E-state index in [1.165, 1.54) is 23.5 Å². The molecule has 0 aliphatic carbocycles. The molecule has 1 amide bonds. The van der Waals surface area contributed by atoms with Crippen molar-refractivity contribution in [3.63, 3.8) is 0 Å². The predicted octanol–water partition coefficient (Wildman–Crippen LogP) is 5.06. The molecule has 0 radical (unpaired) electrons. The van der Waals surface area contributed by atoms with Gasteiger partial charge in [0.15, 0.2) is 4.80 Å². The van der Waals surface area contributed by atoms with E-state index in [9.17, 15) is 9.18 Å². The number of thiazole rings is 1. The molecular weight excluding hydrogens is 387 g/mol. The summed E-state index contributed by atoms with van der Waals surface area (Å²) >= 11 is 4.80. The molecule has 26 heavy (non-hydrogen) atoms. The number of carbonyl (C=O) groups is 1. The van der Waals surface area contributed by atoms with Crippen LogP contribution in [-0.4, -0.2) is 28.2 Å². The smallest absolute Gasteiger partial charge is 0.279 e. The second kappa shape index (κ2) is 8.88. The first-order valence-corrected chi connectivity index (χ1v) is 11.4. The van der Waals surface area contributed by atoms with Crippen LogP contribution in [0.2, 0.25) is 0 Å².